The molecule has 5 aliphatic rings. The molecule has 218 valence electrons. The van der Waals surface area contributed by atoms with Crippen molar-refractivity contribution in [2.45, 2.75) is 103 Å². The highest BCUT2D eigenvalue weighted by molar-refractivity contribution is 5.88. The molecule has 0 saturated heterocycles. The Bertz CT molecular complexity index is 1240. The van der Waals surface area contributed by atoms with Crippen LogP contribution in [0.15, 0.2) is 47.6 Å². The van der Waals surface area contributed by atoms with Crippen LogP contribution in [0.1, 0.15) is 73.6 Å². The molecule has 0 spiro atoms. The fraction of sp³-hybridized carbons (Fsp3) is 0.656. The number of esters is 3. The molecule has 0 amide bonds. The van der Waals surface area contributed by atoms with Gasteiger partial charge >= 0.3 is 17.9 Å². The first kappa shape index (κ1) is 28.8. The molecule has 2 aliphatic heterocycles. The van der Waals surface area contributed by atoms with Crippen LogP contribution in [0.25, 0.3) is 0 Å². The van der Waals surface area contributed by atoms with Crippen LogP contribution in [0.3, 0.4) is 0 Å². The van der Waals surface area contributed by atoms with Crippen molar-refractivity contribution in [1.29, 1.82) is 0 Å². The van der Waals surface area contributed by atoms with Crippen molar-refractivity contribution < 1.29 is 38.8 Å². The van der Waals surface area contributed by atoms with Crippen molar-refractivity contribution in [2.75, 3.05) is 0 Å². The zero-order valence-electron chi connectivity index (χ0n) is 24.4. The molecule has 5 rings (SSSR count). The molecule has 2 fully saturated rings. The number of carbonyl (C=O) groups excluding carboxylic acids is 3. The topological polar surface area (TPSA) is 119 Å². The van der Waals surface area contributed by atoms with Gasteiger partial charge in [0, 0.05) is 36.8 Å². The minimum absolute atomic E-state index is 0.229. The maximum Gasteiger partial charge on any atom is 0.333 e. The molecular formula is C32H42O8. The Morgan fingerprint density at radius 2 is 1.88 bits per heavy atom. The van der Waals surface area contributed by atoms with Crippen LogP contribution in [-0.4, -0.2) is 57.1 Å². The number of cyclic esters (lactones) is 2. The van der Waals surface area contributed by atoms with E-state index < -0.39 is 52.3 Å². The van der Waals surface area contributed by atoms with Crippen molar-refractivity contribution >= 4 is 17.9 Å². The lowest BCUT2D eigenvalue weighted by Crippen LogP contribution is -2.54. The summed E-state index contributed by atoms with van der Waals surface area (Å²) in [4.78, 5) is 36.9. The Morgan fingerprint density at radius 3 is 2.52 bits per heavy atom. The summed E-state index contributed by atoms with van der Waals surface area (Å²) in [6.07, 6.45) is 7.86. The minimum atomic E-state index is -1.29. The first-order chi connectivity index (χ1) is 18.5. The van der Waals surface area contributed by atoms with Crippen LogP contribution in [-0.2, 0) is 28.6 Å². The SMILES string of the molecule is C=C1C2CC3(O)C=C4C=CC(=O)OC(C)(C)C4C(OC(C)=O)CC3C2(C)CCC1(O)C(C)C1CC=C(C)C(=O)O1. The summed E-state index contributed by atoms with van der Waals surface area (Å²) in [5, 5.41) is 24.5. The fourth-order valence-corrected chi connectivity index (χ4v) is 8.54. The molecule has 9 unspecified atom stereocenters. The van der Waals surface area contributed by atoms with Gasteiger partial charge in [-0.3, -0.25) is 4.79 Å². The maximum atomic E-state index is 12.4. The summed E-state index contributed by atoms with van der Waals surface area (Å²) in [5.74, 6) is -2.67. The Kier molecular flexibility index (Phi) is 6.78. The van der Waals surface area contributed by atoms with Crippen LogP contribution < -0.4 is 0 Å². The molecule has 8 nitrogen and oxygen atoms in total. The molecule has 2 saturated carbocycles. The number of allylic oxidation sites excluding steroid dienone is 1. The summed E-state index contributed by atoms with van der Waals surface area (Å²) >= 11 is 0. The third kappa shape index (κ3) is 4.38. The molecule has 9 atom stereocenters. The van der Waals surface area contributed by atoms with Crippen LogP contribution >= 0.6 is 0 Å². The molecule has 2 N–H and O–H groups in total. The van der Waals surface area contributed by atoms with Crippen molar-refractivity contribution in [3.05, 3.63) is 47.6 Å². The van der Waals surface area contributed by atoms with E-state index in [1.54, 1.807) is 26.8 Å². The van der Waals surface area contributed by atoms with Gasteiger partial charge in [0.15, 0.2) is 0 Å². The Labute approximate surface area is 236 Å². The zero-order chi connectivity index (χ0) is 29.4. The van der Waals surface area contributed by atoms with Gasteiger partial charge in [-0.25, -0.2) is 9.59 Å². The lowest BCUT2D eigenvalue weighted by Gasteiger charge is -2.52. The number of carbonyl (C=O) groups is 3. The summed E-state index contributed by atoms with van der Waals surface area (Å²) in [5.41, 5.74) is -2.07. The van der Waals surface area contributed by atoms with Gasteiger partial charge < -0.3 is 24.4 Å². The van der Waals surface area contributed by atoms with E-state index in [4.69, 9.17) is 14.2 Å². The largest absolute Gasteiger partial charge is 0.462 e. The fourth-order valence-electron chi connectivity index (χ4n) is 8.54. The molecular weight excluding hydrogens is 512 g/mol. The first-order valence-electron chi connectivity index (χ1n) is 14.3. The summed E-state index contributed by atoms with van der Waals surface area (Å²) in [7, 11) is 0. The highest BCUT2D eigenvalue weighted by Gasteiger charge is 2.66. The number of aliphatic hydroxyl groups is 2. The third-order valence-electron chi connectivity index (χ3n) is 10.8. The molecule has 0 aromatic heterocycles. The second-order valence-electron chi connectivity index (χ2n) is 13.5. The van der Waals surface area contributed by atoms with Crippen molar-refractivity contribution in [3.8, 4) is 0 Å². The average molecular weight is 555 g/mol. The van der Waals surface area contributed by atoms with E-state index in [2.05, 4.69) is 13.5 Å². The Balaban J connectivity index is 1.53. The van der Waals surface area contributed by atoms with Crippen molar-refractivity contribution in [3.63, 3.8) is 0 Å². The number of rotatable bonds is 3. The normalized spacial score (nSPS) is 43.0. The van der Waals surface area contributed by atoms with Crippen LogP contribution in [0, 0.1) is 29.1 Å². The molecule has 0 aromatic rings. The quantitative estimate of drug-likeness (QED) is 0.304. The zero-order valence-corrected chi connectivity index (χ0v) is 24.4. The van der Waals surface area contributed by atoms with E-state index in [1.807, 2.05) is 19.1 Å². The van der Waals surface area contributed by atoms with Crippen molar-refractivity contribution in [2.24, 2.45) is 29.1 Å². The van der Waals surface area contributed by atoms with Gasteiger partial charge in [-0.1, -0.05) is 32.6 Å². The molecule has 40 heavy (non-hydrogen) atoms. The predicted molar refractivity (Wildman–Crippen MR) is 146 cm³/mol. The second-order valence-corrected chi connectivity index (χ2v) is 13.5. The third-order valence-corrected chi connectivity index (χ3v) is 10.8. The predicted octanol–water partition coefficient (Wildman–Crippen LogP) is 4.11. The molecule has 8 heteroatoms. The highest BCUT2D eigenvalue weighted by atomic mass is 16.6. The summed E-state index contributed by atoms with van der Waals surface area (Å²) in [6.45, 7) is 15.2. The van der Waals surface area contributed by atoms with E-state index in [9.17, 15) is 24.6 Å². The van der Waals surface area contributed by atoms with Gasteiger partial charge in [0.2, 0.25) is 0 Å². The van der Waals surface area contributed by atoms with Gasteiger partial charge in [0.25, 0.3) is 0 Å². The standard InChI is InChI=1S/C32H42O8/c1-17-8-10-23(39-28(17)35)19(3)32(37)13-12-30(7)22(18(32)2)16-31(36)15-21-9-11-26(34)40-29(5,6)27(21)24(14-25(30)31)38-20(4)33/h8-9,11,15,19,22-25,27,36-37H,2,10,12-14,16H2,1,3-7H3. The molecule has 0 aromatic carbocycles. The Hall–Kier alpha value is -2.71. The molecule has 3 aliphatic carbocycles. The first-order valence-corrected chi connectivity index (χ1v) is 14.3. The molecule has 2 heterocycles. The summed E-state index contributed by atoms with van der Waals surface area (Å²) in [6, 6.07) is 0. The van der Waals surface area contributed by atoms with Gasteiger partial charge in [0.05, 0.1) is 17.1 Å². The van der Waals surface area contributed by atoms with Gasteiger partial charge in [0.1, 0.15) is 17.8 Å². The van der Waals surface area contributed by atoms with Crippen LogP contribution in [0.2, 0.25) is 0 Å². The number of hydrogen-bond donors (Lipinski definition) is 2. The van der Waals surface area contributed by atoms with Gasteiger partial charge in [-0.05, 0) is 75.0 Å². The van der Waals surface area contributed by atoms with Crippen molar-refractivity contribution in [1.82, 2.24) is 0 Å². The van der Waals surface area contributed by atoms with E-state index in [0.717, 1.165) is 0 Å². The molecule has 0 bridgehead atoms. The van der Waals surface area contributed by atoms with E-state index >= 15 is 0 Å². The number of ether oxygens (including phenoxy) is 3. The minimum Gasteiger partial charge on any atom is -0.462 e. The highest BCUT2D eigenvalue weighted by Crippen LogP contribution is 2.66. The number of hydrogen-bond acceptors (Lipinski definition) is 8. The monoisotopic (exact) mass is 554 g/mol. The molecule has 0 radical (unpaired) electrons. The average Bonchev–Trinajstić information content (AvgIpc) is 2.93. The van der Waals surface area contributed by atoms with E-state index in [1.165, 1.54) is 13.0 Å². The lowest BCUT2D eigenvalue weighted by atomic mass is 9.55. The van der Waals surface area contributed by atoms with Crippen LogP contribution in [0.4, 0.5) is 0 Å². The maximum absolute atomic E-state index is 12.4. The van der Waals surface area contributed by atoms with E-state index in [0.29, 0.717) is 48.8 Å². The number of fused-ring (bicyclic) bond motifs is 4. The summed E-state index contributed by atoms with van der Waals surface area (Å²) < 4.78 is 17.3. The lowest BCUT2D eigenvalue weighted by molar-refractivity contribution is -0.166. The van der Waals surface area contributed by atoms with Gasteiger partial charge in [-0.15, -0.1) is 0 Å². The second kappa shape index (κ2) is 9.41. The smallest absolute Gasteiger partial charge is 0.333 e. The van der Waals surface area contributed by atoms with Crippen LogP contribution in [0.5, 0.6) is 0 Å². The van der Waals surface area contributed by atoms with E-state index in [-0.39, 0.29) is 23.7 Å². The van der Waals surface area contributed by atoms with Gasteiger partial charge in [-0.2, -0.15) is 0 Å². The Morgan fingerprint density at radius 1 is 1.18 bits per heavy atom.